The maximum absolute atomic E-state index is 10.4. The van der Waals surface area contributed by atoms with Gasteiger partial charge in [0.15, 0.2) is 0 Å². The largest absolute Gasteiger partial charge is 0.397 e. The van der Waals surface area contributed by atoms with E-state index in [1.807, 2.05) is 0 Å². The minimum absolute atomic E-state index is 0.419. The summed E-state index contributed by atoms with van der Waals surface area (Å²) in [5, 5.41) is 0. The number of nitrogens with two attached hydrogens (primary N) is 1. The highest BCUT2D eigenvalue weighted by molar-refractivity contribution is 7.80. The molecule has 86 valence electrons. The summed E-state index contributed by atoms with van der Waals surface area (Å²) in [6.45, 7) is 3.59. The third kappa shape index (κ3) is 8.39. The van der Waals surface area contributed by atoms with E-state index in [4.69, 9.17) is 10.4 Å². The maximum Gasteiger partial charge on any atom is 0.397 e. The molecule has 0 radical (unpaired) electrons. The molecule has 6 nitrogen and oxygen atoms in total. The number of unbranched alkanes of at least 4 members (excludes halogenated alkanes) is 1. The third-order valence-corrected chi connectivity index (χ3v) is 2.28. The molecular weight excluding hydrogens is 210 g/mol. The van der Waals surface area contributed by atoms with Gasteiger partial charge in [0.25, 0.3) is 0 Å². The van der Waals surface area contributed by atoms with Gasteiger partial charge >= 0.3 is 10.4 Å². The molecule has 0 amide bonds. The average Bonchev–Trinajstić information content (AvgIpc) is 1.93. The van der Waals surface area contributed by atoms with Gasteiger partial charge in [0.2, 0.25) is 0 Å². The van der Waals surface area contributed by atoms with Crippen molar-refractivity contribution in [3.63, 3.8) is 0 Å². The van der Waals surface area contributed by atoms with Gasteiger partial charge in [0, 0.05) is 0 Å². The van der Waals surface area contributed by atoms with Gasteiger partial charge in [-0.1, -0.05) is 0 Å². The molecule has 0 atom stereocenters. The van der Waals surface area contributed by atoms with Crippen molar-refractivity contribution in [1.29, 1.82) is 0 Å². The fraction of sp³-hybridized carbons (Fsp3) is 1.00. The fourth-order valence-corrected chi connectivity index (χ4v) is 1.72. The molecule has 0 spiro atoms. The van der Waals surface area contributed by atoms with Crippen LogP contribution >= 0.6 is 0 Å². The summed E-state index contributed by atoms with van der Waals surface area (Å²) in [5.41, 5.74) is -0.901. The van der Waals surface area contributed by atoms with E-state index >= 15 is 0 Å². The van der Waals surface area contributed by atoms with Crippen LogP contribution in [0.2, 0.25) is 0 Å². The molecule has 0 rings (SSSR count). The predicted octanol–water partition coefficient (Wildman–Crippen LogP) is 0.645. The zero-order valence-electron chi connectivity index (χ0n) is 8.39. The number of hydrogen-bond acceptors (Lipinski definition) is 5. The second-order valence-corrected chi connectivity index (χ2v) is 4.62. The lowest BCUT2D eigenvalue weighted by molar-refractivity contribution is 0.0807. The molecule has 0 aromatic carbocycles. The molecule has 0 bridgehead atoms. The van der Waals surface area contributed by atoms with Gasteiger partial charge in [-0.3, -0.25) is 4.55 Å². The monoisotopic (exact) mass is 227 g/mol. The van der Waals surface area contributed by atoms with E-state index in [1.54, 1.807) is 13.8 Å². The average molecular weight is 227 g/mol. The van der Waals surface area contributed by atoms with Crippen molar-refractivity contribution >= 4 is 10.4 Å². The lowest BCUT2D eigenvalue weighted by atomic mass is 10.0. The van der Waals surface area contributed by atoms with Crippen LogP contribution in [0, 0.1) is 0 Å². The molecular formula is C7H17NO5S. The summed E-state index contributed by atoms with van der Waals surface area (Å²) < 4.78 is 33.8. The van der Waals surface area contributed by atoms with Gasteiger partial charge in [-0.2, -0.15) is 8.42 Å². The van der Waals surface area contributed by atoms with Crippen molar-refractivity contribution in [3.05, 3.63) is 0 Å². The van der Waals surface area contributed by atoms with E-state index in [-0.39, 0.29) is 0 Å². The Balaban J connectivity index is 3.84. The van der Waals surface area contributed by atoms with Crippen LogP contribution in [-0.4, -0.2) is 25.2 Å². The van der Waals surface area contributed by atoms with Crippen LogP contribution in [0.1, 0.15) is 33.1 Å². The molecule has 0 saturated carbocycles. The first kappa shape index (κ1) is 13.8. The molecule has 0 aliphatic carbocycles. The van der Waals surface area contributed by atoms with Crippen molar-refractivity contribution < 1.29 is 22.0 Å². The van der Waals surface area contributed by atoms with Gasteiger partial charge in [0.05, 0.1) is 12.2 Å². The van der Waals surface area contributed by atoms with Crippen molar-refractivity contribution in [3.8, 4) is 0 Å². The Morgan fingerprint density at radius 2 is 1.93 bits per heavy atom. The molecule has 0 aliphatic heterocycles. The summed E-state index contributed by atoms with van der Waals surface area (Å²) >= 11 is 0. The second-order valence-electron chi connectivity index (χ2n) is 3.60. The first-order valence-corrected chi connectivity index (χ1v) is 5.63. The van der Waals surface area contributed by atoms with E-state index in [1.165, 1.54) is 0 Å². The Bertz CT molecular complexity index is 249. The Morgan fingerprint density at radius 3 is 2.36 bits per heavy atom. The zero-order valence-corrected chi connectivity index (χ0v) is 9.21. The normalized spacial score (nSPS) is 13.1. The predicted molar refractivity (Wildman–Crippen MR) is 50.7 cm³/mol. The smallest absolute Gasteiger partial charge is 0.305 e. The molecule has 0 aromatic rings. The fourth-order valence-electron chi connectivity index (χ4n) is 1.06. The molecule has 14 heavy (non-hydrogen) atoms. The van der Waals surface area contributed by atoms with Crippen molar-refractivity contribution in [2.45, 2.75) is 38.7 Å². The molecule has 7 heteroatoms. The van der Waals surface area contributed by atoms with Gasteiger partial charge < -0.3 is 4.84 Å². The molecule has 3 N–H and O–H groups in total. The number of rotatable bonds is 7. The lowest BCUT2D eigenvalue weighted by Crippen LogP contribution is -2.27. The first-order chi connectivity index (χ1) is 6.27. The summed E-state index contributed by atoms with van der Waals surface area (Å²) in [6, 6.07) is 0. The highest BCUT2D eigenvalue weighted by Crippen LogP contribution is 2.19. The van der Waals surface area contributed by atoms with E-state index in [0.29, 0.717) is 19.4 Å². The van der Waals surface area contributed by atoms with Crippen molar-refractivity contribution in [2.24, 2.45) is 5.90 Å². The van der Waals surface area contributed by atoms with Gasteiger partial charge in [-0.25, -0.2) is 10.1 Å². The van der Waals surface area contributed by atoms with Crippen molar-refractivity contribution in [1.82, 2.24) is 0 Å². The van der Waals surface area contributed by atoms with E-state index in [0.717, 1.165) is 6.42 Å². The Morgan fingerprint density at radius 1 is 1.36 bits per heavy atom. The van der Waals surface area contributed by atoms with Crippen molar-refractivity contribution in [2.75, 3.05) is 6.61 Å². The maximum atomic E-state index is 10.4. The summed E-state index contributed by atoms with van der Waals surface area (Å²) in [6.07, 6.45) is 1.92. The molecule has 0 fully saturated rings. The molecule has 0 aliphatic rings. The molecule has 0 saturated heterocycles. The van der Waals surface area contributed by atoms with Crippen LogP contribution in [0.15, 0.2) is 0 Å². The molecule has 0 aromatic heterocycles. The molecule has 0 unspecified atom stereocenters. The summed E-state index contributed by atoms with van der Waals surface area (Å²) in [7, 11) is -4.38. The SMILES string of the molecule is CC(C)(CCCCON)OS(=O)(=O)O. The van der Waals surface area contributed by atoms with Crippen LogP contribution in [0.25, 0.3) is 0 Å². The highest BCUT2D eigenvalue weighted by Gasteiger charge is 2.24. The Labute approximate surface area is 84.3 Å². The van der Waals surface area contributed by atoms with E-state index in [9.17, 15) is 8.42 Å². The van der Waals surface area contributed by atoms with Crippen LogP contribution < -0.4 is 5.90 Å². The number of hydrogen-bond donors (Lipinski definition) is 2. The molecule has 0 heterocycles. The summed E-state index contributed by atoms with van der Waals surface area (Å²) in [5.74, 6) is 4.81. The Kier molecular flexibility index (Phi) is 5.53. The Hall–Kier alpha value is -0.210. The standard InChI is InChI=1S/C7H17NO5S/c1-7(2,13-14(9,10)11)5-3-4-6-12-8/h3-6,8H2,1-2H3,(H,9,10,11). The van der Waals surface area contributed by atoms with Crippen LogP contribution in [0.5, 0.6) is 0 Å². The van der Waals surface area contributed by atoms with Gasteiger partial charge in [-0.05, 0) is 33.1 Å². The topological polar surface area (TPSA) is 98.9 Å². The van der Waals surface area contributed by atoms with Crippen LogP contribution in [-0.2, 0) is 19.4 Å². The highest BCUT2D eigenvalue weighted by atomic mass is 32.3. The zero-order chi connectivity index (χ0) is 11.2. The summed E-state index contributed by atoms with van der Waals surface area (Å²) in [4.78, 5) is 4.35. The van der Waals surface area contributed by atoms with Crippen LogP contribution in [0.4, 0.5) is 0 Å². The van der Waals surface area contributed by atoms with E-state index < -0.39 is 16.0 Å². The first-order valence-electron chi connectivity index (χ1n) is 4.26. The van der Waals surface area contributed by atoms with E-state index in [2.05, 4.69) is 9.02 Å². The van der Waals surface area contributed by atoms with Gasteiger partial charge in [0.1, 0.15) is 0 Å². The quantitative estimate of drug-likeness (QED) is 0.376. The lowest BCUT2D eigenvalue weighted by Gasteiger charge is -2.22. The van der Waals surface area contributed by atoms with Crippen LogP contribution in [0.3, 0.4) is 0 Å². The third-order valence-electron chi connectivity index (χ3n) is 1.62. The minimum Gasteiger partial charge on any atom is -0.305 e. The minimum atomic E-state index is -4.38. The second kappa shape index (κ2) is 5.62. The van der Waals surface area contributed by atoms with Gasteiger partial charge in [-0.15, -0.1) is 0 Å².